The summed E-state index contributed by atoms with van der Waals surface area (Å²) in [6, 6.07) is 25.1. The van der Waals surface area contributed by atoms with Gasteiger partial charge in [0.15, 0.2) is 16.7 Å². The van der Waals surface area contributed by atoms with Crippen molar-refractivity contribution in [3.8, 4) is 28.5 Å². The van der Waals surface area contributed by atoms with Crippen molar-refractivity contribution in [2.24, 2.45) is 7.05 Å². The van der Waals surface area contributed by atoms with E-state index in [2.05, 4.69) is 15.5 Å². The fraction of sp³-hybridized carbons (Fsp3) is 0.0833. The predicted molar refractivity (Wildman–Crippen MR) is 127 cm³/mol. The maximum absolute atomic E-state index is 12.8. The summed E-state index contributed by atoms with van der Waals surface area (Å²) in [6.07, 6.45) is 1.59. The number of hydrogen-bond acceptors (Lipinski definition) is 6. The van der Waals surface area contributed by atoms with Gasteiger partial charge in [-0.3, -0.25) is 4.79 Å². The van der Waals surface area contributed by atoms with E-state index >= 15 is 0 Å². The van der Waals surface area contributed by atoms with Crippen LogP contribution in [0.15, 0.2) is 94.7 Å². The Morgan fingerprint density at radius 2 is 1.76 bits per heavy atom. The lowest BCUT2D eigenvalue weighted by atomic mass is 10.2. The smallest absolute Gasteiger partial charge is 0.236 e. The van der Waals surface area contributed by atoms with E-state index < -0.39 is 0 Å². The minimum absolute atomic E-state index is 0.167. The van der Waals surface area contributed by atoms with Crippen LogP contribution in [0.4, 0.5) is 5.82 Å². The molecule has 1 N–H and O–H groups in total. The third-order valence-electron chi connectivity index (χ3n) is 4.96. The van der Waals surface area contributed by atoms with E-state index in [0.29, 0.717) is 22.6 Å². The van der Waals surface area contributed by atoms with Crippen LogP contribution in [0.5, 0.6) is 0 Å². The molecule has 0 aliphatic rings. The summed E-state index contributed by atoms with van der Waals surface area (Å²) < 4.78 is 8.93. The molecule has 0 radical (unpaired) electrons. The van der Waals surface area contributed by atoms with Crippen LogP contribution in [0.3, 0.4) is 0 Å². The molecule has 0 fully saturated rings. The Bertz CT molecular complexity index is 1360. The summed E-state index contributed by atoms with van der Waals surface area (Å²) in [7, 11) is 1.84. The molecule has 0 saturated heterocycles. The van der Waals surface area contributed by atoms with E-state index in [0.717, 1.165) is 16.9 Å². The first kappa shape index (κ1) is 20.8. The fourth-order valence-electron chi connectivity index (χ4n) is 3.36. The quantitative estimate of drug-likeness (QED) is 0.358. The first-order valence-corrected chi connectivity index (χ1v) is 11.2. The second-order valence-electron chi connectivity index (χ2n) is 7.21. The molecule has 164 valence electrons. The number of rotatable bonds is 7. The average molecular weight is 457 g/mol. The van der Waals surface area contributed by atoms with Gasteiger partial charge in [0, 0.05) is 18.7 Å². The number of para-hydroxylation sites is 1. The van der Waals surface area contributed by atoms with Gasteiger partial charge < -0.3 is 14.3 Å². The molecule has 0 bridgehead atoms. The lowest BCUT2D eigenvalue weighted by molar-refractivity contribution is -0.113. The number of nitrogens with zero attached hydrogens (tertiary/aromatic N) is 5. The zero-order chi connectivity index (χ0) is 22.6. The summed E-state index contributed by atoms with van der Waals surface area (Å²) in [5.41, 5.74) is 2.61. The zero-order valence-electron chi connectivity index (χ0n) is 17.8. The first-order valence-electron chi connectivity index (χ1n) is 10.3. The van der Waals surface area contributed by atoms with Gasteiger partial charge in [-0.25, -0.2) is 4.68 Å². The molecule has 9 heteroatoms. The molecule has 3 aromatic heterocycles. The Kier molecular flexibility index (Phi) is 5.77. The Morgan fingerprint density at radius 3 is 2.48 bits per heavy atom. The number of furan rings is 1. The van der Waals surface area contributed by atoms with Crippen LogP contribution in [0.2, 0.25) is 0 Å². The predicted octanol–water partition coefficient (Wildman–Crippen LogP) is 4.66. The van der Waals surface area contributed by atoms with E-state index in [-0.39, 0.29) is 11.7 Å². The maximum Gasteiger partial charge on any atom is 0.236 e. The summed E-state index contributed by atoms with van der Waals surface area (Å²) in [4.78, 5) is 12.8. The molecule has 0 spiro atoms. The molecule has 5 rings (SSSR count). The molecule has 3 heterocycles. The van der Waals surface area contributed by atoms with Gasteiger partial charge in [0.05, 0.1) is 23.4 Å². The number of carbonyl (C=O) groups is 1. The van der Waals surface area contributed by atoms with Gasteiger partial charge in [0.2, 0.25) is 5.91 Å². The number of amides is 1. The molecular weight excluding hydrogens is 436 g/mol. The number of benzene rings is 2. The van der Waals surface area contributed by atoms with Crippen molar-refractivity contribution < 1.29 is 9.21 Å². The molecule has 2 aromatic carbocycles. The Morgan fingerprint density at radius 1 is 1.00 bits per heavy atom. The van der Waals surface area contributed by atoms with Crippen LogP contribution in [-0.2, 0) is 11.8 Å². The second-order valence-corrected chi connectivity index (χ2v) is 8.15. The van der Waals surface area contributed by atoms with Crippen molar-refractivity contribution in [1.29, 1.82) is 0 Å². The SMILES string of the molecule is Cn1c(SCC(=O)Nc2cc(-c3ccccc3)nn2-c2ccccc2)nnc1-c1ccco1. The van der Waals surface area contributed by atoms with Crippen LogP contribution in [0.25, 0.3) is 28.5 Å². The zero-order valence-corrected chi connectivity index (χ0v) is 18.6. The van der Waals surface area contributed by atoms with Crippen LogP contribution in [-0.4, -0.2) is 36.2 Å². The highest BCUT2D eigenvalue weighted by molar-refractivity contribution is 7.99. The molecule has 33 heavy (non-hydrogen) atoms. The van der Waals surface area contributed by atoms with Gasteiger partial charge in [0.1, 0.15) is 5.82 Å². The summed E-state index contributed by atoms with van der Waals surface area (Å²) in [6.45, 7) is 0. The number of nitrogens with one attached hydrogen (secondary N) is 1. The van der Waals surface area contributed by atoms with Crippen molar-refractivity contribution in [2.45, 2.75) is 5.16 Å². The average Bonchev–Trinajstić information content (AvgIpc) is 3.59. The number of thioether (sulfide) groups is 1. The Balaban J connectivity index is 1.34. The van der Waals surface area contributed by atoms with Crippen molar-refractivity contribution in [3.05, 3.63) is 85.1 Å². The standard InChI is InChI=1S/C24H20N6O2S/c1-29-23(20-13-8-14-32-20)26-27-24(29)33-16-22(31)25-21-15-19(17-9-4-2-5-10-17)28-30(21)18-11-6-3-7-12-18/h2-15H,16H2,1H3,(H,25,31). The Labute approximate surface area is 194 Å². The molecule has 0 atom stereocenters. The van der Waals surface area contributed by atoms with Crippen LogP contribution >= 0.6 is 11.8 Å². The van der Waals surface area contributed by atoms with Crippen molar-refractivity contribution in [2.75, 3.05) is 11.1 Å². The van der Waals surface area contributed by atoms with Gasteiger partial charge in [-0.1, -0.05) is 60.3 Å². The van der Waals surface area contributed by atoms with E-state index in [1.54, 1.807) is 21.6 Å². The summed E-state index contributed by atoms with van der Waals surface area (Å²) in [5, 5.41) is 16.7. The minimum Gasteiger partial charge on any atom is -0.461 e. The topological polar surface area (TPSA) is 90.8 Å². The Hall–Kier alpha value is -4.11. The first-order chi connectivity index (χ1) is 16.2. The molecule has 8 nitrogen and oxygen atoms in total. The van der Waals surface area contributed by atoms with Gasteiger partial charge in [-0.05, 0) is 24.3 Å². The minimum atomic E-state index is -0.167. The lowest BCUT2D eigenvalue weighted by Gasteiger charge is -2.08. The summed E-state index contributed by atoms with van der Waals surface area (Å²) >= 11 is 1.30. The van der Waals surface area contributed by atoms with Crippen LogP contribution < -0.4 is 5.32 Å². The molecule has 5 aromatic rings. The molecule has 0 unspecified atom stereocenters. The third-order valence-corrected chi connectivity index (χ3v) is 5.98. The lowest BCUT2D eigenvalue weighted by Crippen LogP contribution is -2.17. The number of aromatic nitrogens is 5. The van der Waals surface area contributed by atoms with Crippen molar-refractivity contribution in [1.82, 2.24) is 24.5 Å². The second kappa shape index (κ2) is 9.17. The molecule has 0 aliphatic heterocycles. The number of hydrogen-bond donors (Lipinski definition) is 1. The molecule has 0 aliphatic carbocycles. The van der Waals surface area contributed by atoms with E-state index in [4.69, 9.17) is 9.52 Å². The molecule has 1 amide bonds. The fourth-order valence-corrected chi connectivity index (χ4v) is 4.07. The van der Waals surface area contributed by atoms with E-state index in [1.165, 1.54) is 11.8 Å². The van der Waals surface area contributed by atoms with E-state index in [9.17, 15) is 4.79 Å². The van der Waals surface area contributed by atoms with Gasteiger partial charge in [-0.15, -0.1) is 10.2 Å². The van der Waals surface area contributed by atoms with Gasteiger partial charge in [0.25, 0.3) is 0 Å². The summed E-state index contributed by atoms with van der Waals surface area (Å²) in [5.74, 6) is 1.84. The van der Waals surface area contributed by atoms with E-state index in [1.807, 2.05) is 79.8 Å². The van der Waals surface area contributed by atoms with Crippen molar-refractivity contribution in [3.63, 3.8) is 0 Å². The monoisotopic (exact) mass is 456 g/mol. The third kappa shape index (κ3) is 4.44. The largest absolute Gasteiger partial charge is 0.461 e. The molecule has 0 saturated carbocycles. The van der Waals surface area contributed by atoms with Crippen LogP contribution in [0.1, 0.15) is 0 Å². The van der Waals surface area contributed by atoms with Gasteiger partial charge in [-0.2, -0.15) is 5.10 Å². The number of carbonyl (C=O) groups excluding carboxylic acids is 1. The van der Waals surface area contributed by atoms with Crippen molar-refractivity contribution >= 4 is 23.5 Å². The highest BCUT2D eigenvalue weighted by Crippen LogP contribution is 2.26. The van der Waals surface area contributed by atoms with Crippen LogP contribution in [0, 0.1) is 0 Å². The number of anilines is 1. The maximum atomic E-state index is 12.8. The highest BCUT2D eigenvalue weighted by Gasteiger charge is 2.17. The highest BCUT2D eigenvalue weighted by atomic mass is 32.2. The molecular formula is C24H20N6O2S. The normalized spacial score (nSPS) is 10.9. The van der Waals surface area contributed by atoms with Gasteiger partial charge >= 0.3 is 0 Å².